The van der Waals surface area contributed by atoms with Crippen LogP contribution < -0.4 is 10.5 Å². The molecule has 0 saturated heterocycles. The van der Waals surface area contributed by atoms with Crippen molar-refractivity contribution in [2.45, 2.75) is 19.1 Å². The molecule has 0 saturated carbocycles. The van der Waals surface area contributed by atoms with Crippen LogP contribution in [0.15, 0.2) is 22.7 Å². The smallest absolute Gasteiger partial charge is 0.422 e. The fourth-order valence-electron chi connectivity index (χ4n) is 1.17. The Morgan fingerprint density at radius 3 is 2.56 bits per heavy atom. The third-order valence-corrected chi connectivity index (χ3v) is 2.35. The Kier molecular flexibility index (Phi) is 4.21. The Bertz CT molecular complexity index is 366. The van der Waals surface area contributed by atoms with Gasteiger partial charge in [-0.3, -0.25) is 0 Å². The number of ether oxygens (including phenoxy) is 1. The summed E-state index contributed by atoms with van der Waals surface area (Å²) in [7, 11) is 0. The van der Waals surface area contributed by atoms with Crippen molar-refractivity contribution in [2.75, 3.05) is 6.61 Å². The first-order valence-electron chi connectivity index (χ1n) is 4.54. The maximum atomic E-state index is 12.0. The second kappa shape index (κ2) is 5.05. The van der Waals surface area contributed by atoms with Crippen LogP contribution in [0.3, 0.4) is 0 Å². The molecule has 2 nitrogen and oxygen atoms in total. The van der Waals surface area contributed by atoms with Gasteiger partial charge in [0.05, 0.1) is 0 Å². The molecule has 1 aromatic carbocycles. The monoisotopic (exact) mass is 297 g/mol. The van der Waals surface area contributed by atoms with Crippen molar-refractivity contribution in [2.24, 2.45) is 5.73 Å². The number of rotatable bonds is 3. The minimum absolute atomic E-state index is 0.163. The SMILES string of the molecule is C[C@H](N)c1cc(Br)ccc1OCC(F)(F)F. The van der Waals surface area contributed by atoms with Gasteiger partial charge >= 0.3 is 6.18 Å². The number of halogens is 4. The summed E-state index contributed by atoms with van der Waals surface area (Å²) >= 11 is 3.22. The van der Waals surface area contributed by atoms with Crippen LogP contribution in [0.5, 0.6) is 5.75 Å². The molecule has 1 rings (SSSR count). The maximum absolute atomic E-state index is 12.0. The van der Waals surface area contributed by atoms with Gasteiger partial charge in [0.1, 0.15) is 5.75 Å². The van der Waals surface area contributed by atoms with Crippen molar-refractivity contribution >= 4 is 15.9 Å². The topological polar surface area (TPSA) is 35.2 Å². The predicted octanol–water partition coefficient (Wildman–Crippen LogP) is 3.41. The molecule has 0 heterocycles. The van der Waals surface area contributed by atoms with Crippen LogP contribution in [0, 0.1) is 0 Å². The molecule has 16 heavy (non-hydrogen) atoms. The Morgan fingerprint density at radius 2 is 2.06 bits per heavy atom. The molecule has 1 atom stereocenters. The van der Waals surface area contributed by atoms with Crippen molar-refractivity contribution < 1.29 is 17.9 Å². The van der Waals surface area contributed by atoms with Gasteiger partial charge < -0.3 is 10.5 Å². The van der Waals surface area contributed by atoms with Crippen LogP contribution in [0.25, 0.3) is 0 Å². The molecule has 0 aliphatic carbocycles. The molecule has 1 aromatic rings. The van der Waals surface area contributed by atoms with Gasteiger partial charge in [-0.25, -0.2) is 0 Å². The van der Waals surface area contributed by atoms with Crippen molar-refractivity contribution in [3.8, 4) is 5.75 Å². The normalized spacial score (nSPS) is 13.6. The lowest BCUT2D eigenvalue weighted by Gasteiger charge is -2.15. The average Bonchev–Trinajstić information content (AvgIpc) is 2.14. The second-order valence-corrected chi connectivity index (χ2v) is 4.29. The van der Waals surface area contributed by atoms with Crippen molar-refractivity contribution in [1.29, 1.82) is 0 Å². The molecule has 0 bridgehead atoms. The summed E-state index contributed by atoms with van der Waals surface area (Å²) < 4.78 is 41.4. The summed E-state index contributed by atoms with van der Waals surface area (Å²) in [4.78, 5) is 0. The molecule has 0 unspecified atom stereocenters. The maximum Gasteiger partial charge on any atom is 0.422 e. The lowest BCUT2D eigenvalue weighted by Crippen LogP contribution is -2.20. The first kappa shape index (κ1) is 13.3. The van der Waals surface area contributed by atoms with Crippen LogP contribution in [-0.2, 0) is 0 Å². The molecule has 0 fully saturated rings. The molecular formula is C10H11BrF3NO. The summed E-state index contributed by atoms with van der Waals surface area (Å²) in [5.41, 5.74) is 6.18. The molecule has 2 N–H and O–H groups in total. The fourth-order valence-corrected chi connectivity index (χ4v) is 1.54. The summed E-state index contributed by atoms with van der Waals surface area (Å²) in [6.07, 6.45) is -4.35. The lowest BCUT2D eigenvalue weighted by molar-refractivity contribution is -0.153. The Balaban J connectivity index is 2.87. The van der Waals surface area contributed by atoms with Crippen molar-refractivity contribution in [3.63, 3.8) is 0 Å². The highest BCUT2D eigenvalue weighted by atomic mass is 79.9. The van der Waals surface area contributed by atoms with E-state index in [2.05, 4.69) is 15.9 Å². The molecule has 0 aliphatic heterocycles. The van der Waals surface area contributed by atoms with E-state index in [0.717, 1.165) is 4.47 Å². The molecule has 0 spiro atoms. The van der Waals surface area contributed by atoms with E-state index in [-0.39, 0.29) is 11.8 Å². The highest BCUT2D eigenvalue weighted by Gasteiger charge is 2.29. The van der Waals surface area contributed by atoms with E-state index >= 15 is 0 Å². The molecule has 0 aliphatic rings. The van der Waals surface area contributed by atoms with Gasteiger partial charge in [0.2, 0.25) is 0 Å². The minimum Gasteiger partial charge on any atom is -0.484 e. The number of benzene rings is 1. The first-order valence-corrected chi connectivity index (χ1v) is 5.33. The summed E-state index contributed by atoms with van der Waals surface area (Å²) in [6, 6.07) is 4.34. The summed E-state index contributed by atoms with van der Waals surface area (Å²) in [5, 5.41) is 0. The standard InChI is InChI=1S/C10H11BrF3NO/c1-6(15)8-4-7(11)2-3-9(8)16-5-10(12,13)14/h2-4,6H,5,15H2,1H3/t6-/m0/s1. The van der Waals surface area contributed by atoms with Gasteiger partial charge in [-0.05, 0) is 25.1 Å². The largest absolute Gasteiger partial charge is 0.484 e. The number of hydrogen-bond donors (Lipinski definition) is 1. The van der Waals surface area contributed by atoms with Gasteiger partial charge in [0, 0.05) is 16.1 Å². The van der Waals surface area contributed by atoms with E-state index in [1.54, 1.807) is 19.1 Å². The lowest BCUT2D eigenvalue weighted by atomic mass is 10.1. The van der Waals surface area contributed by atoms with Crippen LogP contribution in [0.2, 0.25) is 0 Å². The Hall–Kier alpha value is -0.750. The molecule has 90 valence electrons. The Morgan fingerprint density at radius 1 is 1.44 bits per heavy atom. The quantitative estimate of drug-likeness (QED) is 0.928. The van der Waals surface area contributed by atoms with E-state index in [1.807, 2.05) is 0 Å². The van der Waals surface area contributed by atoms with Crippen molar-refractivity contribution in [3.05, 3.63) is 28.2 Å². The molecule has 6 heteroatoms. The van der Waals surface area contributed by atoms with Gasteiger partial charge in [-0.15, -0.1) is 0 Å². The van der Waals surface area contributed by atoms with E-state index in [1.165, 1.54) is 6.07 Å². The van der Waals surface area contributed by atoms with E-state index in [4.69, 9.17) is 10.5 Å². The zero-order chi connectivity index (χ0) is 12.3. The molecule has 0 radical (unpaired) electrons. The van der Waals surface area contributed by atoms with E-state index < -0.39 is 12.8 Å². The zero-order valence-corrected chi connectivity index (χ0v) is 10.1. The molecule has 0 aromatic heterocycles. The third-order valence-electron chi connectivity index (χ3n) is 1.85. The van der Waals surface area contributed by atoms with Crippen LogP contribution in [0.4, 0.5) is 13.2 Å². The van der Waals surface area contributed by atoms with E-state index in [0.29, 0.717) is 5.56 Å². The van der Waals surface area contributed by atoms with Gasteiger partial charge in [0.15, 0.2) is 6.61 Å². The van der Waals surface area contributed by atoms with Gasteiger partial charge in [-0.2, -0.15) is 13.2 Å². The van der Waals surface area contributed by atoms with Crippen LogP contribution in [0.1, 0.15) is 18.5 Å². The van der Waals surface area contributed by atoms with Gasteiger partial charge in [0.25, 0.3) is 0 Å². The second-order valence-electron chi connectivity index (χ2n) is 3.37. The van der Waals surface area contributed by atoms with Crippen LogP contribution in [-0.4, -0.2) is 12.8 Å². The number of alkyl halides is 3. The number of hydrogen-bond acceptors (Lipinski definition) is 2. The van der Waals surface area contributed by atoms with E-state index in [9.17, 15) is 13.2 Å². The van der Waals surface area contributed by atoms with Crippen LogP contribution >= 0.6 is 15.9 Å². The third kappa shape index (κ3) is 4.02. The Labute approximate surface area is 99.7 Å². The first-order chi connectivity index (χ1) is 7.29. The molecular weight excluding hydrogens is 287 g/mol. The summed E-state index contributed by atoms with van der Waals surface area (Å²) in [5.74, 6) is 0.163. The summed E-state index contributed by atoms with van der Waals surface area (Å²) in [6.45, 7) is 0.372. The fraction of sp³-hybridized carbons (Fsp3) is 0.400. The zero-order valence-electron chi connectivity index (χ0n) is 8.51. The highest BCUT2D eigenvalue weighted by Crippen LogP contribution is 2.28. The predicted molar refractivity (Wildman–Crippen MR) is 58.3 cm³/mol. The average molecular weight is 298 g/mol. The van der Waals surface area contributed by atoms with Gasteiger partial charge in [-0.1, -0.05) is 15.9 Å². The number of nitrogens with two attached hydrogens (primary N) is 1. The van der Waals surface area contributed by atoms with Crippen molar-refractivity contribution in [1.82, 2.24) is 0 Å². The minimum atomic E-state index is -4.35. The highest BCUT2D eigenvalue weighted by molar-refractivity contribution is 9.10. The molecule has 0 amide bonds.